The van der Waals surface area contributed by atoms with E-state index in [4.69, 9.17) is 0 Å². The van der Waals surface area contributed by atoms with Crippen LogP contribution in [0.15, 0.2) is 18.3 Å². The van der Waals surface area contributed by atoms with Crippen molar-refractivity contribution in [3.05, 3.63) is 29.6 Å². The van der Waals surface area contributed by atoms with Crippen molar-refractivity contribution in [2.75, 3.05) is 0 Å². The molecule has 1 aliphatic carbocycles. The Kier molecular flexibility index (Phi) is 2.47. The maximum absolute atomic E-state index is 12.2. The van der Waals surface area contributed by atoms with Gasteiger partial charge in [-0.2, -0.15) is 0 Å². The van der Waals surface area contributed by atoms with Gasteiger partial charge in [-0.3, -0.25) is 24.3 Å². The molecule has 1 aromatic heterocycles. The Morgan fingerprint density at radius 2 is 1.83 bits per heavy atom. The molecule has 2 amide bonds. The van der Waals surface area contributed by atoms with Crippen molar-refractivity contribution in [1.29, 1.82) is 0 Å². The second kappa shape index (κ2) is 4.01. The van der Waals surface area contributed by atoms with Gasteiger partial charge in [0.15, 0.2) is 0 Å². The van der Waals surface area contributed by atoms with E-state index in [-0.39, 0.29) is 29.3 Å². The Balaban J connectivity index is 1.90. The number of fused-ring (bicyclic) bond motifs is 1. The maximum Gasteiger partial charge on any atom is 0.280 e. The summed E-state index contributed by atoms with van der Waals surface area (Å²) in [5, 5.41) is 0. The van der Waals surface area contributed by atoms with Gasteiger partial charge in [-0.25, -0.2) is 0 Å². The average molecular weight is 244 g/mol. The Hall–Kier alpha value is -2.04. The van der Waals surface area contributed by atoms with E-state index in [1.165, 1.54) is 11.1 Å². The first kappa shape index (κ1) is 11.1. The predicted octanol–water partition coefficient (Wildman–Crippen LogP) is 1.19. The fraction of sp³-hybridized carbons (Fsp3) is 0.385. The molecule has 0 radical (unpaired) electrons. The number of hydrogen-bond donors (Lipinski definition) is 0. The monoisotopic (exact) mass is 244 g/mol. The molecule has 0 unspecified atom stereocenters. The number of carbonyl (C=O) groups is 3. The highest BCUT2D eigenvalue weighted by Gasteiger charge is 2.41. The summed E-state index contributed by atoms with van der Waals surface area (Å²) < 4.78 is 0. The molecule has 0 atom stereocenters. The molecule has 5 heteroatoms. The molecule has 1 aliphatic heterocycles. The summed E-state index contributed by atoms with van der Waals surface area (Å²) in [5.41, 5.74) is 0.610. The van der Waals surface area contributed by atoms with Crippen LogP contribution in [0.5, 0.6) is 0 Å². The molecule has 1 aromatic rings. The highest BCUT2D eigenvalue weighted by molar-refractivity contribution is 6.20. The average Bonchev–Trinajstić information content (AvgIpc) is 2.64. The molecular formula is C13H12N2O3. The van der Waals surface area contributed by atoms with Gasteiger partial charge >= 0.3 is 0 Å². The number of ketones is 1. The van der Waals surface area contributed by atoms with E-state index in [1.807, 2.05) is 0 Å². The van der Waals surface area contributed by atoms with Crippen LogP contribution >= 0.6 is 0 Å². The number of hydrogen-bond acceptors (Lipinski definition) is 4. The lowest BCUT2D eigenvalue weighted by Crippen LogP contribution is -2.42. The summed E-state index contributed by atoms with van der Waals surface area (Å²) in [5.74, 6) is -0.390. The molecule has 2 aliphatic rings. The second-order valence-electron chi connectivity index (χ2n) is 4.65. The SMILES string of the molecule is O=C1CCC(N2C(=O)c3cccnc3C2=O)CC1. The molecule has 18 heavy (non-hydrogen) atoms. The van der Waals surface area contributed by atoms with Crippen molar-refractivity contribution in [3.8, 4) is 0 Å². The quantitative estimate of drug-likeness (QED) is 0.696. The van der Waals surface area contributed by atoms with Crippen LogP contribution < -0.4 is 0 Å². The number of rotatable bonds is 1. The second-order valence-corrected chi connectivity index (χ2v) is 4.65. The zero-order valence-electron chi connectivity index (χ0n) is 9.76. The number of Topliss-reactive ketones (excluding diaryl/α,β-unsaturated/α-hetero) is 1. The van der Waals surface area contributed by atoms with Gasteiger partial charge in [0, 0.05) is 25.1 Å². The molecule has 0 aromatic carbocycles. The summed E-state index contributed by atoms with van der Waals surface area (Å²) in [7, 11) is 0. The van der Waals surface area contributed by atoms with Crippen molar-refractivity contribution < 1.29 is 14.4 Å². The van der Waals surface area contributed by atoms with Crippen LogP contribution in [0.3, 0.4) is 0 Å². The van der Waals surface area contributed by atoms with Crippen molar-refractivity contribution in [2.45, 2.75) is 31.7 Å². The molecule has 1 saturated carbocycles. The number of amides is 2. The molecule has 0 bridgehead atoms. The van der Waals surface area contributed by atoms with E-state index in [0.29, 0.717) is 31.2 Å². The highest BCUT2D eigenvalue weighted by Crippen LogP contribution is 2.28. The Morgan fingerprint density at radius 1 is 1.11 bits per heavy atom. The standard InChI is InChI=1S/C13H12N2O3/c16-9-5-3-8(4-6-9)15-12(17)10-2-1-7-14-11(10)13(15)18/h1-2,7-8H,3-6H2. The number of carbonyl (C=O) groups excluding carboxylic acids is 3. The van der Waals surface area contributed by atoms with Crippen LogP contribution in [0.4, 0.5) is 0 Å². The van der Waals surface area contributed by atoms with Gasteiger partial charge < -0.3 is 0 Å². The van der Waals surface area contributed by atoms with E-state index in [9.17, 15) is 14.4 Å². The lowest BCUT2D eigenvalue weighted by Gasteiger charge is -2.28. The van der Waals surface area contributed by atoms with Gasteiger partial charge in [-0.05, 0) is 25.0 Å². The largest absolute Gasteiger partial charge is 0.300 e. The Bertz CT molecular complexity index is 508. The summed E-state index contributed by atoms with van der Waals surface area (Å²) >= 11 is 0. The molecule has 2 heterocycles. The summed E-state index contributed by atoms with van der Waals surface area (Å²) in [6.07, 6.45) is 3.56. The first-order valence-electron chi connectivity index (χ1n) is 6.03. The van der Waals surface area contributed by atoms with Crippen LogP contribution in [0, 0.1) is 0 Å². The molecule has 3 rings (SSSR count). The lowest BCUT2D eigenvalue weighted by molar-refractivity contribution is -0.121. The van der Waals surface area contributed by atoms with E-state index in [0.717, 1.165) is 0 Å². The third-order valence-corrected chi connectivity index (χ3v) is 3.56. The number of nitrogens with zero attached hydrogens (tertiary/aromatic N) is 2. The first-order chi connectivity index (χ1) is 8.68. The van der Waals surface area contributed by atoms with Gasteiger partial charge in [-0.15, -0.1) is 0 Å². The Labute approximate surface area is 104 Å². The molecular weight excluding hydrogens is 232 g/mol. The highest BCUT2D eigenvalue weighted by atomic mass is 16.2. The fourth-order valence-electron chi connectivity index (χ4n) is 2.60. The first-order valence-corrected chi connectivity index (χ1v) is 6.03. The van der Waals surface area contributed by atoms with Gasteiger partial charge in [-0.1, -0.05) is 0 Å². The number of aromatic nitrogens is 1. The molecule has 0 saturated heterocycles. The van der Waals surface area contributed by atoms with Crippen molar-refractivity contribution in [1.82, 2.24) is 9.88 Å². The molecule has 92 valence electrons. The minimum absolute atomic E-state index is 0.156. The van der Waals surface area contributed by atoms with Crippen LogP contribution in [0.2, 0.25) is 0 Å². The zero-order valence-corrected chi connectivity index (χ0v) is 9.76. The van der Waals surface area contributed by atoms with Gasteiger partial charge in [0.25, 0.3) is 11.8 Å². The summed E-state index contributed by atoms with van der Waals surface area (Å²) in [6.45, 7) is 0. The minimum atomic E-state index is -0.324. The normalized spacial score (nSPS) is 20.4. The molecule has 1 fully saturated rings. The van der Waals surface area contributed by atoms with Crippen LogP contribution in [-0.2, 0) is 4.79 Å². The number of pyridine rings is 1. The van der Waals surface area contributed by atoms with Gasteiger partial charge in [0.2, 0.25) is 0 Å². The third-order valence-electron chi connectivity index (χ3n) is 3.56. The molecule has 0 N–H and O–H groups in total. The van der Waals surface area contributed by atoms with E-state index >= 15 is 0 Å². The maximum atomic E-state index is 12.2. The summed E-state index contributed by atoms with van der Waals surface area (Å²) in [4.78, 5) is 40.8. The third kappa shape index (κ3) is 1.54. The predicted molar refractivity (Wildman–Crippen MR) is 62.0 cm³/mol. The minimum Gasteiger partial charge on any atom is -0.300 e. The smallest absolute Gasteiger partial charge is 0.280 e. The van der Waals surface area contributed by atoms with Crippen LogP contribution in [-0.4, -0.2) is 33.5 Å². The number of imide groups is 1. The van der Waals surface area contributed by atoms with Crippen molar-refractivity contribution >= 4 is 17.6 Å². The van der Waals surface area contributed by atoms with Crippen LogP contribution in [0.1, 0.15) is 46.5 Å². The fourth-order valence-corrected chi connectivity index (χ4v) is 2.60. The topological polar surface area (TPSA) is 67.3 Å². The van der Waals surface area contributed by atoms with E-state index in [1.54, 1.807) is 12.1 Å². The van der Waals surface area contributed by atoms with Crippen molar-refractivity contribution in [2.24, 2.45) is 0 Å². The zero-order chi connectivity index (χ0) is 12.7. The van der Waals surface area contributed by atoms with E-state index < -0.39 is 0 Å². The van der Waals surface area contributed by atoms with Gasteiger partial charge in [0.1, 0.15) is 11.5 Å². The molecule has 5 nitrogen and oxygen atoms in total. The Morgan fingerprint density at radius 3 is 2.50 bits per heavy atom. The van der Waals surface area contributed by atoms with Gasteiger partial charge in [0.05, 0.1) is 5.56 Å². The van der Waals surface area contributed by atoms with E-state index in [2.05, 4.69) is 4.98 Å². The van der Waals surface area contributed by atoms with Crippen LogP contribution in [0.25, 0.3) is 0 Å². The lowest BCUT2D eigenvalue weighted by atomic mass is 9.93. The van der Waals surface area contributed by atoms with Crippen molar-refractivity contribution in [3.63, 3.8) is 0 Å². The molecule has 0 spiro atoms. The summed E-state index contributed by atoms with van der Waals surface area (Å²) in [6, 6.07) is 3.12.